The fraction of sp³-hybridized carbons (Fsp3) is 0.281. The number of halogens is 2. The monoisotopic (exact) mass is 709 g/mol. The molecule has 43 heavy (non-hydrogen) atoms. The fourth-order valence-corrected chi connectivity index (χ4v) is 8.15. The van der Waals surface area contributed by atoms with E-state index in [9.17, 15) is 24.0 Å². The van der Waals surface area contributed by atoms with Gasteiger partial charge in [-0.1, -0.05) is 37.9 Å². The SMILES string of the molecule is COc1cccc(C(=O)Oc2ccc(C(=O)COC(=O)c3ccc(N4C(=O)C5C6CC(C(Br)C6Br)C5C4=O)cc3)cc2)c1. The molecule has 3 aromatic rings. The first-order valence-corrected chi connectivity index (χ1v) is 15.4. The Hall–Kier alpha value is -3.83. The summed E-state index contributed by atoms with van der Waals surface area (Å²) in [6.45, 7) is -0.500. The maximum atomic E-state index is 13.2. The van der Waals surface area contributed by atoms with Gasteiger partial charge in [-0.2, -0.15) is 0 Å². The minimum atomic E-state index is -0.720. The number of carbonyl (C=O) groups is 5. The number of carbonyl (C=O) groups excluding carboxylic acids is 5. The molecular weight excluding hydrogens is 686 g/mol. The van der Waals surface area contributed by atoms with Crippen molar-refractivity contribution in [2.45, 2.75) is 16.1 Å². The van der Waals surface area contributed by atoms with Crippen molar-refractivity contribution in [2.75, 3.05) is 18.6 Å². The van der Waals surface area contributed by atoms with Crippen LogP contribution in [0.25, 0.3) is 0 Å². The van der Waals surface area contributed by atoms with E-state index in [-0.39, 0.29) is 62.0 Å². The van der Waals surface area contributed by atoms with E-state index in [1.54, 1.807) is 36.4 Å². The Morgan fingerprint density at radius 2 is 1.37 bits per heavy atom. The average Bonchev–Trinajstić information content (AvgIpc) is 3.64. The number of hydrogen-bond donors (Lipinski definition) is 0. The molecule has 0 spiro atoms. The van der Waals surface area contributed by atoms with Gasteiger partial charge in [0.05, 0.1) is 35.8 Å². The maximum absolute atomic E-state index is 13.2. The van der Waals surface area contributed by atoms with E-state index < -0.39 is 24.3 Å². The summed E-state index contributed by atoms with van der Waals surface area (Å²) < 4.78 is 15.7. The number of imide groups is 1. The van der Waals surface area contributed by atoms with Crippen LogP contribution >= 0.6 is 31.9 Å². The molecule has 1 aliphatic heterocycles. The topological polar surface area (TPSA) is 116 Å². The number of alkyl halides is 2. The summed E-state index contributed by atoms with van der Waals surface area (Å²) in [4.78, 5) is 65.7. The zero-order valence-corrected chi connectivity index (χ0v) is 25.9. The molecule has 1 saturated heterocycles. The molecule has 220 valence electrons. The van der Waals surface area contributed by atoms with Gasteiger partial charge in [0.25, 0.3) is 0 Å². The summed E-state index contributed by atoms with van der Waals surface area (Å²) in [5.41, 5.74) is 1.16. The summed E-state index contributed by atoms with van der Waals surface area (Å²) in [6, 6.07) is 18.5. The van der Waals surface area contributed by atoms with Crippen LogP contribution in [0.1, 0.15) is 37.5 Å². The predicted octanol–water partition coefficient (Wildman–Crippen LogP) is 5.24. The molecule has 2 bridgehead atoms. The van der Waals surface area contributed by atoms with Crippen molar-refractivity contribution in [2.24, 2.45) is 23.7 Å². The molecule has 2 amide bonds. The molecule has 0 radical (unpaired) electrons. The molecule has 2 aliphatic carbocycles. The maximum Gasteiger partial charge on any atom is 0.343 e. The first-order chi connectivity index (χ1) is 20.7. The van der Waals surface area contributed by atoms with Crippen molar-refractivity contribution in [1.29, 1.82) is 0 Å². The van der Waals surface area contributed by atoms with Crippen LogP contribution in [0, 0.1) is 23.7 Å². The molecule has 2 saturated carbocycles. The predicted molar refractivity (Wildman–Crippen MR) is 162 cm³/mol. The van der Waals surface area contributed by atoms with Crippen molar-refractivity contribution < 1.29 is 38.2 Å². The van der Waals surface area contributed by atoms with Gasteiger partial charge in [-0.25, -0.2) is 9.59 Å². The van der Waals surface area contributed by atoms with Crippen LogP contribution in [0.5, 0.6) is 11.5 Å². The summed E-state index contributed by atoms with van der Waals surface area (Å²) in [6.07, 6.45) is 0.845. The number of ether oxygens (including phenoxy) is 3. The Balaban J connectivity index is 1.03. The lowest BCUT2D eigenvalue weighted by Gasteiger charge is -2.28. The highest BCUT2D eigenvalue weighted by Gasteiger charge is 2.66. The second kappa shape index (κ2) is 11.7. The zero-order chi connectivity index (χ0) is 30.4. The van der Waals surface area contributed by atoms with Crippen LogP contribution in [0.2, 0.25) is 0 Å². The lowest BCUT2D eigenvalue weighted by molar-refractivity contribution is -0.123. The zero-order valence-electron chi connectivity index (χ0n) is 22.8. The first-order valence-electron chi connectivity index (χ1n) is 13.6. The molecule has 3 fully saturated rings. The molecule has 11 heteroatoms. The Morgan fingerprint density at radius 3 is 1.98 bits per heavy atom. The molecule has 0 N–H and O–H groups in total. The highest BCUT2D eigenvalue weighted by Crippen LogP contribution is 2.60. The number of anilines is 1. The number of benzene rings is 3. The normalized spacial score (nSPS) is 25.4. The van der Waals surface area contributed by atoms with Crippen LogP contribution in [0.15, 0.2) is 72.8 Å². The third-order valence-electron chi connectivity index (χ3n) is 8.37. The van der Waals surface area contributed by atoms with Gasteiger partial charge in [0.15, 0.2) is 12.4 Å². The van der Waals surface area contributed by atoms with Gasteiger partial charge in [-0.15, -0.1) is 0 Å². The van der Waals surface area contributed by atoms with E-state index in [2.05, 4.69) is 31.9 Å². The lowest BCUT2D eigenvalue weighted by Crippen LogP contribution is -2.37. The highest BCUT2D eigenvalue weighted by atomic mass is 79.9. The summed E-state index contributed by atoms with van der Waals surface area (Å²) in [5, 5.41) is 0. The number of ketones is 1. The Bertz CT molecular complexity index is 1590. The van der Waals surface area contributed by atoms with Gasteiger partial charge < -0.3 is 14.2 Å². The van der Waals surface area contributed by atoms with Crippen LogP contribution in [0.4, 0.5) is 5.69 Å². The van der Waals surface area contributed by atoms with E-state index in [1.807, 2.05) is 0 Å². The van der Waals surface area contributed by atoms with Crippen LogP contribution in [-0.2, 0) is 14.3 Å². The van der Waals surface area contributed by atoms with Gasteiger partial charge in [0.2, 0.25) is 11.8 Å². The Morgan fingerprint density at radius 1 is 0.767 bits per heavy atom. The van der Waals surface area contributed by atoms with Crippen molar-refractivity contribution in [3.05, 3.63) is 89.5 Å². The number of Topliss-reactive ketones (excluding diaryl/α,β-unsaturated/α-hetero) is 1. The fourth-order valence-electron chi connectivity index (χ4n) is 6.27. The summed E-state index contributed by atoms with van der Waals surface area (Å²) in [5.74, 6) is -1.83. The molecule has 6 atom stereocenters. The third kappa shape index (κ3) is 5.29. The summed E-state index contributed by atoms with van der Waals surface area (Å²) >= 11 is 7.37. The molecule has 0 aromatic heterocycles. The van der Waals surface area contributed by atoms with Crippen LogP contribution < -0.4 is 14.4 Å². The van der Waals surface area contributed by atoms with E-state index in [0.29, 0.717) is 17.0 Å². The number of amides is 2. The lowest BCUT2D eigenvalue weighted by atomic mass is 9.81. The number of rotatable bonds is 8. The van der Waals surface area contributed by atoms with E-state index in [1.165, 1.54) is 48.4 Å². The molecule has 6 unspecified atom stereocenters. The molecule has 3 aromatic carbocycles. The molecular formula is C32H25Br2NO8. The summed E-state index contributed by atoms with van der Waals surface area (Å²) in [7, 11) is 1.50. The van der Waals surface area contributed by atoms with Gasteiger partial charge in [0.1, 0.15) is 11.5 Å². The number of nitrogens with zero attached hydrogens (tertiary/aromatic N) is 1. The smallest absolute Gasteiger partial charge is 0.343 e. The van der Waals surface area contributed by atoms with E-state index >= 15 is 0 Å². The standard InChI is InChI=1S/C32H25Br2NO8/c1-41-21-4-2-3-18(13-21)32(40)43-20-11-7-16(8-12-20)24(36)15-42-31(39)17-5-9-19(10-6-17)35-29(37)25-22-14-23(26(25)30(35)38)28(34)27(22)33/h2-13,22-23,25-28H,14-15H2,1H3. The van der Waals surface area contributed by atoms with E-state index in [0.717, 1.165) is 6.42 Å². The van der Waals surface area contributed by atoms with Crippen LogP contribution in [0.3, 0.4) is 0 Å². The van der Waals surface area contributed by atoms with Crippen molar-refractivity contribution in [3.63, 3.8) is 0 Å². The number of methoxy groups -OCH3 is 1. The number of fused-ring (bicyclic) bond motifs is 5. The molecule has 6 rings (SSSR count). The van der Waals surface area contributed by atoms with Crippen molar-refractivity contribution >= 4 is 67.1 Å². The Labute approximate surface area is 263 Å². The van der Waals surface area contributed by atoms with Gasteiger partial charge in [-0.05, 0) is 85.0 Å². The van der Waals surface area contributed by atoms with Crippen molar-refractivity contribution in [3.8, 4) is 11.5 Å². The molecule has 3 aliphatic rings. The van der Waals surface area contributed by atoms with Gasteiger partial charge in [-0.3, -0.25) is 19.3 Å². The first kappa shape index (κ1) is 29.3. The molecule has 1 heterocycles. The number of esters is 2. The quantitative estimate of drug-likeness (QED) is 0.103. The minimum absolute atomic E-state index is 0.109. The molecule has 9 nitrogen and oxygen atoms in total. The minimum Gasteiger partial charge on any atom is -0.497 e. The Kier molecular flexibility index (Phi) is 7.95. The van der Waals surface area contributed by atoms with E-state index in [4.69, 9.17) is 14.2 Å². The van der Waals surface area contributed by atoms with Gasteiger partial charge >= 0.3 is 11.9 Å². The number of hydrogen-bond acceptors (Lipinski definition) is 8. The van der Waals surface area contributed by atoms with Crippen LogP contribution in [-0.4, -0.2) is 52.9 Å². The average molecular weight is 711 g/mol. The van der Waals surface area contributed by atoms with Gasteiger partial charge in [0, 0.05) is 15.2 Å². The second-order valence-electron chi connectivity index (χ2n) is 10.7. The highest BCUT2D eigenvalue weighted by molar-refractivity contribution is 9.12. The van der Waals surface area contributed by atoms with Crippen molar-refractivity contribution in [1.82, 2.24) is 0 Å². The second-order valence-corrected chi connectivity index (χ2v) is 12.8. The third-order valence-corrected chi connectivity index (χ3v) is 11.6. The largest absolute Gasteiger partial charge is 0.497 e.